The third kappa shape index (κ3) is 5.34. The Labute approximate surface area is 165 Å². The highest BCUT2D eigenvalue weighted by Gasteiger charge is 2.23. The lowest BCUT2D eigenvalue weighted by Crippen LogP contribution is -2.23. The summed E-state index contributed by atoms with van der Waals surface area (Å²) in [5, 5.41) is 2.67. The van der Waals surface area contributed by atoms with Crippen molar-refractivity contribution in [3.05, 3.63) is 54.1 Å². The summed E-state index contributed by atoms with van der Waals surface area (Å²) in [7, 11) is 0.737. The van der Waals surface area contributed by atoms with Gasteiger partial charge in [0.2, 0.25) is 15.9 Å². The van der Waals surface area contributed by atoms with Crippen molar-refractivity contribution in [2.24, 2.45) is 0 Å². The Morgan fingerprint density at radius 1 is 1.14 bits per heavy atom. The number of methoxy groups -OCH3 is 1. The van der Waals surface area contributed by atoms with Gasteiger partial charge in [-0.15, -0.1) is 0 Å². The van der Waals surface area contributed by atoms with Crippen LogP contribution in [-0.4, -0.2) is 46.4 Å². The first-order valence-electron chi connectivity index (χ1n) is 8.60. The third-order valence-electron chi connectivity index (χ3n) is 3.81. The molecule has 0 radical (unpaired) electrons. The highest BCUT2D eigenvalue weighted by atomic mass is 32.2. The number of hydrogen-bond donors (Lipinski definition) is 1. The number of ether oxygens (including phenoxy) is 2. The van der Waals surface area contributed by atoms with Crippen LogP contribution in [0, 0.1) is 0 Å². The molecule has 0 bridgehead atoms. The zero-order chi connectivity index (χ0) is 20.7. The molecule has 28 heavy (non-hydrogen) atoms. The molecule has 8 heteroatoms. The maximum atomic E-state index is 12.5. The number of carbonyl (C=O) groups excluding carboxylic acids is 1. The zero-order valence-corrected chi connectivity index (χ0v) is 17.1. The normalized spacial score (nSPS) is 11.6. The lowest BCUT2D eigenvalue weighted by molar-refractivity contribution is -0.111. The fraction of sp³-hybridized carbons (Fsp3) is 0.250. The molecule has 0 spiro atoms. The molecule has 0 aliphatic rings. The molecule has 0 aliphatic heterocycles. The Kier molecular flexibility index (Phi) is 7.19. The number of hydrogen-bond acceptors (Lipinski definition) is 5. The minimum Gasteiger partial charge on any atom is -0.497 e. The van der Waals surface area contributed by atoms with Crippen LogP contribution in [-0.2, 0) is 14.8 Å². The largest absolute Gasteiger partial charge is 0.497 e. The van der Waals surface area contributed by atoms with Crippen LogP contribution < -0.4 is 14.8 Å². The molecule has 0 saturated heterocycles. The average Bonchev–Trinajstić information content (AvgIpc) is 2.68. The SMILES string of the molecule is CCOc1ccc(NC(=O)/C=C/c2ccc(OC)cc2)cc1S(=O)(=O)N(C)C. The van der Waals surface area contributed by atoms with Crippen LogP contribution >= 0.6 is 0 Å². The second-order valence-electron chi connectivity index (χ2n) is 5.98. The maximum Gasteiger partial charge on any atom is 0.248 e. The van der Waals surface area contributed by atoms with E-state index in [0.29, 0.717) is 12.3 Å². The number of benzene rings is 2. The van der Waals surface area contributed by atoms with Gasteiger partial charge >= 0.3 is 0 Å². The fourth-order valence-electron chi connectivity index (χ4n) is 2.33. The van der Waals surface area contributed by atoms with Crippen LogP contribution in [0.2, 0.25) is 0 Å². The van der Waals surface area contributed by atoms with Crippen molar-refractivity contribution >= 4 is 27.7 Å². The summed E-state index contributed by atoms with van der Waals surface area (Å²) in [5.74, 6) is 0.585. The average molecular weight is 404 g/mol. The summed E-state index contributed by atoms with van der Waals surface area (Å²) < 4.78 is 36.7. The molecule has 1 amide bonds. The summed E-state index contributed by atoms with van der Waals surface area (Å²) >= 11 is 0. The molecule has 0 aromatic heterocycles. The summed E-state index contributed by atoms with van der Waals surface area (Å²) in [6.45, 7) is 2.10. The fourth-order valence-corrected chi connectivity index (χ4v) is 3.38. The predicted molar refractivity (Wildman–Crippen MR) is 109 cm³/mol. The van der Waals surface area contributed by atoms with Gasteiger partial charge in [0.05, 0.1) is 13.7 Å². The summed E-state index contributed by atoms with van der Waals surface area (Å²) in [6.07, 6.45) is 3.03. The van der Waals surface area contributed by atoms with Gasteiger partial charge in [-0.25, -0.2) is 12.7 Å². The Morgan fingerprint density at radius 3 is 2.39 bits per heavy atom. The van der Waals surface area contributed by atoms with E-state index in [9.17, 15) is 13.2 Å². The second kappa shape index (κ2) is 9.38. The molecule has 7 nitrogen and oxygen atoms in total. The van der Waals surface area contributed by atoms with Gasteiger partial charge in [0.15, 0.2) is 0 Å². The van der Waals surface area contributed by atoms with Gasteiger partial charge in [-0.3, -0.25) is 4.79 Å². The lowest BCUT2D eigenvalue weighted by atomic mass is 10.2. The smallest absolute Gasteiger partial charge is 0.248 e. The highest BCUT2D eigenvalue weighted by Crippen LogP contribution is 2.29. The molecule has 0 unspecified atom stereocenters. The quantitative estimate of drug-likeness (QED) is 0.684. The van der Waals surface area contributed by atoms with Crippen molar-refractivity contribution in [2.45, 2.75) is 11.8 Å². The minimum atomic E-state index is -3.72. The van der Waals surface area contributed by atoms with E-state index in [1.165, 1.54) is 32.3 Å². The van der Waals surface area contributed by atoms with E-state index in [2.05, 4.69) is 5.32 Å². The van der Waals surface area contributed by atoms with E-state index < -0.39 is 10.0 Å². The number of anilines is 1. The molecular formula is C20H24N2O5S. The molecule has 2 rings (SSSR count). The van der Waals surface area contributed by atoms with Crippen LogP contribution in [0.15, 0.2) is 53.4 Å². The third-order valence-corrected chi connectivity index (χ3v) is 5.65. The van der Waals surface area contributed by atoms with Gasteiger partial charge in [0.1, 0.15) is 16.4 Å². The standard InChI is InChI=1S/C20H24N2O5S/c1-5-27-18-12-9-16(14-19(18)28(24,25)22(2)3)21-20(23)13-8-15-6-10-17(26-4)11-7-15/h6-14H,5H2,1-4H3,(H,21,23)/b13-8+. The Hall–Kier alpha value is -2.84. The summed E-state index contributed by atoms with van der Waals surface area (Å²) in [6, 6.07) is 11.7. The van der Waals surface area contributed by atoms with Crippen LogP contribution in [0.1, 0.15) is 12.5 Å². The Morgan fingerprint density at radius 2 is 1.82 bits per heavy atom. The van der Waals surface area contributed by atoms with E-state index in [1.54, 1.807) is 38.3 Å². The number of carbonyl (C=O) groups is 1. The first-order chi connectivity index (χ1) is 13.3. The molecule has 2 aromatic carbocycles. The topological polar surface area (TPSA) is 84.9 Å². The highest BCUT2D eigenvalue weighted by molar-refractivity contribution is 7.89. The van der Waals surface area contributed by atoms with Gasteiger partial charge in [0.25, 0.3) is 0 Å². The first-order valence-corrected chi connectivity index (χ1v) is 10.0. The van der Waals surface area contributed by atoms with E-state index in [1.807, 2.05) is 12.1 Å². The van der Waals surface area contributed by atoms with Gasteiger partial charge in [0, 0.05) is 25.9 Å². The Balaban J connectivity index is 2.20. The van der Waals surface area contributed by atoms with E-state index in [-0.39, 0.29) is 16.6 Å². The summed E-state index contributed by atoms with van der Waals surface area (Å²) in [4.78, 5) is 12.2. The number of rotatable bonds is 8. The molecule has 0 heterocycles. The maximum absolute atomic E-state index is 12.5. The van der Waals surface area contributed by atoms with Gasteiger partial charge in [-0.2, -0.15) is 0 Å². The first kappa shape index (κ1) is 21.5. The van der Waals surface area contributed by atoms with Crippen molar-refractivity contribution < 1.29 is 22.7 Å². The monoisotopic (exact) mass is 404 g/mol. The number of amides is 1. The van der Waals surface area contributed by atoms with E-state index >= 15 is 0 Å². The van der Waals surface area contributed by atoms with Crippen LogP contribution in [0.4, 0.5) is 5.69 Å². The molecular weight excluding hydrogens is 380 g/mol. The number of nitrogens with one attached hydrogen (secondary N) is 1. The number of sulfonamides is 1. The van der Waals surface area contributed by atoms with Crippen molar-refractivity contribution in [1.82, 2.24) is 4.31 Å². The Bertz CT molecular complexity index is 951. The zero-order valence-electron chi connectivity index (χ0n) is 16.3. The molecule has 2 aromatic rings. The van der Waals surface area contributed by atoms with E-state index in [0.717, 1.165) is 15.6 Å². The van der Waals surface area contributed by atoms with Crippen LogP contribution in [0.25, 0.3) is 6.08 Å². The van der Waals surface area contributed by atoms with Gasteiger partial charge < -0.3 is 14.8 Å². The van der Waals surface area contributed by atoms with Crippen LogP contribution in [0.5, 0.6) is 11.5 Å². The van der Waals surface area contributed by atoms with Gasteiger partial charge in [-0.1, -0.05) is 12.1 Å². The summed E-state index contributed by atoms with van der Waals surface area (Å²) in [5.41, 5.74) is 1.19. The van der Waals surface area contributed by atoms with Crippen molar-refractivity contribution in [3.63, 3.8) is 0 Å². The minimum absolute atomic E-state index is 0.00344. The molecule has 0 atom stereocenters. The van der Waals surface area contributed by atoms with Crippen molar-refractivity contribution in [1.29, 1.82) is 0 Å². The van der Waals surface area contributed by atoms with Crippen LogP contribution in [0.3, 0.4) is 0 Å². The van der Waals surface area contributed by atoms with Crippen molar-refractivity contribution in [3.8, 4) is 11.5 Å². The molecule has 0 fully saturated rings. The van der Waals surface area contributed by atoms with Crippen molar-refractivity contribution in [2.75, 3.05) is 33.1 Å². The molecule has 0 aliphatic carbocycles. The molecule has 150 valence electrons. The van der Waals surface area contributed by atoms with Gasteiger partial charge in [-0.05, 0) is 48.9 Å². The second-order valence-corrected chi connectivity index (χ2v) is 8.10. The molecule has 1 N–H and O–H groups in total. The number of nitrogens with zero attached hydrogens (tertiary/aromatic N) is 1. The van der Waals surface area contributed by atoms with E-state index in [4.69, 9.17) is 9.47 Å². The molecule has 0 saturated carbocycles. The lowest BCUT2D eigenvalue weighted by Gasteiger charge is -2.16. The predicted octanol–water partition coefficient (Wildman–Crippen LogP) is 3.00.